The molecule has 0 aromatic carbocycles. The van der Waals surface area contributed by atoms with Crippen molar-refractivity contribution in [3.05, 3.63) is 35.9 Å². The number of likely N-dealkylation sites (N-methyl/N-ethyl adjacent to an activating group) is 1. The summed E-state index contributed by atoms with van der Waals surface area (Å²) in [5, 5.41) is 8.83. The number of imidazole rings is 1. The first kappa shape index (κ1) is 19.0. The minimum Gasteiger partial charge on any atom is -0.468 e. The van der Waals surface area contributed by atoms with E-state index in [0.717, 1.165) is 0 Å². The van der Waals surface area contributed by atoms with Gasteiger partial charge in [0.15, 0.2) is 12.3 Å². The zero-order valence-corrected chi connectivity index (χ0v) is 14.4. The van der Waals surface area contributed by atoms with Crippen LogP contribution in [-0.4, -0.2) is 46.0 Å². The van der Waals surface area contributed by atoms with Crippen LogP contribution in [0.15, 0.2) is 24.5 Å². The number of nitrogens with zero attached hydrogens (tertiary/aromatic N) is 5. The smallest absolute Gasteiger partial charge is 0.260 e. The van der Waals surface area contributed by atoms with E-state index < -0.39 is 0 Å². The molecule has 1 amide bonds. The summed E-state index contributed by atoms with van der Waals surface area (Å²) in [7, 11) is 3.31. The van der Waals surface area contributed by atoms with Gasteiger partial charge in [0.25, 0.3) is 5.91 Å². The molecule has 128 valence electrons. The molecule has 8 nitrogen and oxygen atoms in total. The van der Waals surface area contributed by atoms with Crippen molar-refractivity contribution in [1.29, 1.82) is 5.26 Å². The lowest BCUT2D eigenvalue weighted by molar-refractivity contribution is -0.130. The molecule has 0 aliphatic carbocycles. The van der Waals surface area contributed by atoms with Crippen molar-refractivity contribution in [2.24, 2.45) is 0 Å². The number of rotatable bonds is 5. The quantitative estimate of drug-likeness (QED) is 0.884. The molecule has 0 saturated heterocycles. The van der Waals surface area contributed by atoms with Crippen molar-refractivity contribution in [2.75, 3.05) is 26.4 Å². The van der Waals surface area contributed by atoms with Gasteiger partial charge in [0.1, 0.15) is 11.9 Å². The number of hydrogen-bond acceptors (Lipinski definition) is 6. The van der Waals surface area contributed by atoms with Gasteiger partial charge in [0.2, 0.25) is 5.88 Å². The summed E-state index contributed by atoms with van der Waals surface area (Å²) in [6, 6.07) is 7.15. The molecule has 0 spiro atoms. The van der Waals surface area contributed by atoms with Crippen LogP contribution >= 0.6 is 0 Å². The first-order valence-corrected chi connectivity index (χ1v) is 7.51. The SMILES string of the molecule is CC.CN(C)C(=O)COc1cccc(Cn2cnc(C#N)c2N)n1. The number of ether oxygens (including phenoxy) is 1. The second-order valence-electron chi connectivity index (χ2n) is 4.76. The molecule has 0 radical (unpaired) electrons. The van der Waals surface area contributed by atoms with Crippen LogP contribution in [0, 0.1) is 11.3 Å². The highest BCUT2D eigenvalue weighted by Gasteiger charge is 2.09. The average molecular weight is 330 g/mol. The fourth-order valence-corrected chi connectivity index (χ4v) is 1.67. The van der Waals surface area contributed by atoms with Gasteiger partial charge in [-0.05, 0) is 6.07 Å². The Hall–Kier alpha value is -3.08. The number of carbonyl (C=O) groups excluding carboxylic acids is 1. The molecule has 0 fully saturated rings. The topological polar surface area (TPSA) is 110 Å². The van der Waals surface area contributed by atoms with E-state index >= 15 is 0 Å². The lowest BCUT2D eigenvalue weighted by Crippen LogP contribution is -2.27. The Balaban J connectivity index is 0.00000139. The molecule has 0 aliphatic heterocycles. The second kappa shape index (κ2) is 9.15. The summed E-state index contributed by atoms with van der Waals surface area (Å²) in [5.74, 6) is 0.495. The van der Waals surface area contributed by atoms with E-state index in [0.29, 0.717) is 23.9 Å². The highest BCUT2D eigenvalue weighted by molar-refractivity contribution is 5.77. The Morgan fingerprint density at radius 3 is 2.71 bits per heavy atom. The highest BCUT2D eigenvalue weighted by Crippen LogP contribution is 2.13. The van der Waals surface area contributed by atoms with E-state index in [1.807, 2.05) is 19.9 Å². The van der Waals surface area contributed by atoms with Crippen molar-refractivity contribution >= 4 is 11.7 Å². The molecular formula is C16H22N6O2. The molecule has 0 unspecified atom stereocenters. The number of hydrogen-bond donors (Lipinski definition) is 1. The van der Waals surface area contributed by atoms with Crippen molar-refractivity contribution < 1.29 is 9.53 Å². The van der Waals surface area contributed by atoms with Gasteiger partial charge in [-0.2, -0.15) is 5.26 Å². The number of aromatic nitrogens is 3. The predicted octanol–water partition coefficient (Wildman–Crippen LogP) is 1.27. The van der Waals surface area contributed by atoms with Crippen LogP contribution in [0.3, 0.4) is 0 Å². The Kier molecular flexibility index (Phi) is 7.23. The van der Waals surface area contributed by atoms with Gasteiger partial charge in [-0.1, -0.05) is 19.9 Å². The summed E-state index contributed by atoms with van der Waals surface area (Å²) in [4.78, 5) is 21.1. The van der Waals surface area contributed by atoms with Gasteiger partial charge >= 0.3 is 0 Å². The predicted molar refractivity (Wildman–Crippen MR) is 90.2 cm³/mol. The van der Waals surface area contributed by atoms with Crippen LogP contribution in [0.1, 0.15) is 25.2 Å². The van der Waals surface area contributed by atoms with Crippen LogP contribution < -0.4 is 10.5 Å². The minimum absolute atomic E-state index is 0.0742. The number of carbonyl (C=O) groups is 1. The van der Waals surface area contributed by atoms with Gasteiger partial charge in [-0.3, -0.25) is 4.79 Å². The zero-order valence-electron chi connectivity index (χ0n) is 14.4. The van der Waals surface area contributed by atoms with E-state index in [-0.39, 0.29) is 18.2 Å². The maximum absolute atomic E-state index is 11.5. The normalized spacial score (nSPS) is 9.46. The monoisotopic (exact) mass is 330 g/mol. The lowest BCUT2D eigenvalue weighted by atomic mass is 10.3. The van der Waals surface area contributed by atoms with E-state index in [1.54, 1.807) is 36.9 Å². The molecule has 2 heterocycles. The van der Waals surface area contributed by atoms with Crippen LogP contribution in [-0.2, 0) is 11.3 Å². The molecule has 2 rings (SSSR count). The Labute approximate surface area is 141 Å². The molecule has 0 aliphatic rings. The van der Waals surface area contributed by atoms with Crippen LogP contribution in [0.2, 0.25) is 0 Å². The van der Waals surface area contributed by atoms with Crippen LogP contribution in [0.25, 0.3) is 0 Å². The summed E-state index contributed by atoms with van der Waals surface area (Å²) < 4.78 is 6.97. The van der Waals surface area contributed by atoms with Crippen LogP contribution in [0.4, 0.5) is 5.82 Å². The molecule has 2 N–H and O–H groups in total. The first-order chi connectivity index (χ1) is 11.5. The standard InChI is InChI=1S/C14H16N6O2.C2H6/c1-19(2)13(21)8-22-12-5-3-4-10(18-12)7-20-9-17-11(6-15)14(20)16;1-2/h3-5,9H,7-8,16H2,1-2H3;1-2H3. The number of anilines is 1. The van der Waals surface area contributed by atoms with E-state index in [1.165, 1.54) is 11.2 Å². The number of nitriles is 1. The fourth-order valence-electron chi connectivity index (χ4n) is 1.67. The minimum atomic E-state index is -0.148. The Morgan fingerprint density at radius 2 is 2.12 bits per heavy atom. The molecule has 8 heteroatoms. The molecule has 0 bridgehead atoms. The second-order valence-corrected chi connectivity index (χ2v) is 4.76. The summed E-state index contributed by atoms with van der Waals surface area (Å²) in [6.45, 7) is 4.29. The maximum atomic E-state index is 11.5. The van der Waals surface area contributed by atoms with Gasteiger partial charge < -0.3 is 19.9 Å². The third-order valence-corrected chi connectivity index (χ3v) is 2.94. The van der Waals surface area contributed by atoms with Gasteiger partial charge in [-0.15, -0.1) is 0 Å². The Bertz CT molecular complexity index is 718. The van der Waals surface area contributed by atoms with Crippen molar-refractivity contribution in [2.45, 2.75) is 20.4 Å². The number of amides is 1. The lowest BCUT2D eigenvalue weighted by Gasteiger charge is -2.11. The van der Waals surface area contributed by atoms with Gasteiger partial charge in [0.05, 0.1) is 18.6 Å². The van der Waals surface area contributed by atoms with E-state index in [9.17, 15) is 4.79 Å². The molecule has 2 aromatic rings. The number of nitrogens with two attached hydrogens (primary N) is 1. The third-order valence-electron chi connectivity index (χ3n) is 2.94. The molecule has 0 atom stereocenters. The third kappa shape index (κ3) is 4.98. The molecule has 2 aromatic heterocycles. The first-order valence-electron chi connectivity index (χ1n) is 7.51. The number of nitrogen functional groups attached to an aromatic ring is 1. The van der Waals surface area contributed by atoms with Crippen molar-refractivity contribution in [1.82, 2.24) is 19.4 Å². The van der Waals surface area contributed by atoms with E-state index in [2.05, 4.69) is 9.97 Å². The Morgan fingerprint density at radius 1 is 1.42 bits per heavy atom. The summed E-state index contributed by atoms with van der Waals surface area (Å²) in [5.41, 5.74) is 6.67. The average Bonchev–Trinajstić information content (AvgIpc) is 2.94. The highest BCUT2D eigenvalue weighted by atomic mass is 16.5. The molecule has 0 saturated carbocycles. The van der Waals surface area contributed by atoms with Crippen LogP contribution in [0.5, 0.6) is 5.88 Å². The van der Waals surface area contributed by atoms with Crippen molar-refractivity contribution in [3.63, 3.8) is 0 Å². The maximum Gasteiger partial charge on any atom is 0.260 e. The summed E-state index contributed by atoms with van der Waals surface area (Å²) in [6.07, 6.45) is 1.48. The van der Waals surface area contributed by atoms with Crippen molar-refractivity contribution in [3.8, 4) is 11.9 Å². The molecule has 24 heavy (non-hydrogen) atoms. The zero-order chi connectivity index (χ0) is 18.1. The van der Waals surface area contributed by atoms with Gasteiger partial charge in [-0.25, -0.2) is 9.97 Å². The largest absolute Gasteiger partial charge is 0.468 e. The van der Waals surface area contributed by atoms with Gasteiger partial charge in [0, 0.05) is 20.2 Å². The molecular weight excluding hydrogens is 308 g/mol. The number of pyridine rings is 1. The summed E-state index contributed by atoms with van der Waals surface area (Å²) >= 11 is 0. The fraction of sp³-hybridized carbons (Fsp3) is 0.375. The van der Waals surface area contributed by atoms with E-state index in [4.69, 9.17) is 15.7 Å².